The number of rotatable bonds is 5. The number of ether oxygens (including phenoxy) is 1. The minimum Gasteiger partial charge on any atom is -0.388 e. The van der Waals surface area contributed by atoms with Gasteiger partial charge in [0.15, 0.2) is 0 Å². The molecule has 0 amide bonds. The van der Waals surface area contributed by atoms with Crippen LogP contribution in [-0.2, 0) is 18.3 Å². The van der Waals surface area contributed by atoms with Crippen molar-refractivity contribution in [2.75, 3.05) is 19.8 Å². The number of aliphatic hydroxyl groups excluding tert-OH is 1. The van der Waals surface area contributed by atoms with Gasteiger partial charge in [0, 0.05) is 38.6 Å². The molecule has 4 nitrogen and oxygen atoms in total. The average molecular weight is 300 g/mol. The lowest BCUT2D eigenvalue weighted by atomic mass is 10.0. The van der Waals surface area contributed by atoms with Crippen molar-refractivity contribution in [2.45, 2.75) is 25.1 Å². The number of aromatic nitrogens is 1. The van der Waals surface area contributed by atoms with E-state index in [0.717, 1.165) is 25.3 Å². The van der Waals surface area contributed by atoms with Gasteiger partial charge in [0.25, 0.3) is 0 Å². The molecule has 2 atom stereocenters. The Morgan fingerprint density at radius 1 is 1.27 bits per heavy atom. The second kappa shape index (κ2) is 7.09. The number of morpholine rings is 1. The predicted molar refractivity (Wildman–Crippen MR) is 86.4 cm³/mol. The molecule has 0 aliphatic carbocycles. The first-order chi connectivity index (χ1) is 10.7. The van der Waals surface area contributed by atoms with Crippen LogP contribution in [0.2, 0.25) is 0 Å². The SMILES string of the molecule is Cn1ccc(CN2CCOCC2CC(O)c2ccccc2)c1. The summed E-state index contributed by atoms with van der Waals surface area (Å²) < 4.78 is 7.71. The Morgan fingerprint density at radius 3 is 2.82 bits per heavy atom. The lowest BCUT2D eigenvalue weighted by Gasteiger charge is -2.36. The second-order valence-electron chi connectivity index (χ2n) is 6.05. The minimum absolute atomic E-state index is 0.254. The molecular weight excluding hydrogens is 276 g/mol. The van der Waals surface area contributed by atoms with Gasteiger partial charge in [-0.15, -0.1) is 0 Å². The monoisotopic (exact) mass is 300 g/mol. The molecule has 118 valence electrons. The number of hydrogen-bond donors (Lipinski definition) is 1. The zero-order valence-corrected chi connectivity index (χ0v) is 13.1. The molecule has 2 heterocycles. The summed E-state index contributed by atoms with van der Waals surface area (Å²) in [7, 11) is 2.04. The summed E-state index contributed by atoms with van der Waals surface area (Å²) in [6.45, 7) is 3.29. The molecule has 0 saturated carbocycles. The van der Waals surface area contributed by atoms with Crippen molar-refractivity contribution in [3.05, 3.63) is 59.9 Å². The average Bonchev–Trinajstić information content (AvgIpc) is 2.95. The molecule has 1 N–H and O–H groups in total. The maximum absolute atomic E-state index is 10.5. The van der Waals surface area contributed by atoms with Crippen molar-refractivity contribution >= 4 is 0 Å². The first kappa shape index (κ1) is 15.3. The van der Waals surface area contributed by atoms with E-state index >= 15 is 0 Å². The van der Waals surface area contributed by atoms with Crippen molar-refractivity contribution in [1.82, 2.24) is 9.47 Å². The fraction of sp³-hybridized carbons (Fsp3) is 0.444. The van der Waals surface area contributed by atoms with E-state index < -0.39 is 6.10 Å². The Kier molecular flexibility index (Phi) is 4.93. The Balaban J connectivity index is 1.64. The fourth-order valence-electron chi connectivity index (χ4n) is 3.07. The number of nitrogens with zero attached hydrogens (tertiary/aromatic N) is 2. The van der Waals surface area contributed by atoms with E-state index in [1.807, 2.05) is 37.4 Å². The van der Waals surface area contributed by atoms with Gasteiger partial charge in [0.05, 0.1) is 19.3 Å². The first-order valence-corrected chi connectivity index (χ1v) is 7.88. The molecule has 4 heteroatoms. The maximum Gasteiger partial charge on any atom is 0.0805 e. The van der Waals surface area contributed by atoms with Crippen LogP contribution in [0, 0.1) is 0 Å². The molecular formula is C18H24N2O2. The molecule has 1 aliphatic rings. The van der Waals surface area contributed by atoms with Gasteiger partial charge in [-0.05, 0) is 23.6 Å². The van der Waals surface area contributed by atoms with Crippen LogP contribution in [0.5, 0.6) is 0 Å². The highest BCUT2D eigenvalue weighted by molar-refractivity contribution is 5.17. The summed E-state index contributed by atoms with van der Waals surface area (Å²) in [6, 6.07) is 12.3. The van der Waals surface area contributed by atoms with Crippen molar-refractivity contribution in [3.63, 3.8) is 0 Å². The minimum atomic E-state index is -0.439. The molecule has 0 bridgehead atoms. The Bertz CT molecular complexity index is 582. The Labute approximate surface area is 131 Å². The van der Waals surface area contributed by atoms with Gasteiger partial charge in [-0.1, -0.05) is 30.3 Å². The molecule has 2 unspecified atom stereocenters. The lowest BCUT2D eigenvalue weighted by Crippen LogP contribution is -2.45. The largest absolute Gasteiger partial charge is 0.388 e. The summed E-state index contributed by atoms with van der Waals surface area (Å²) in [4.78, 5) is 2.42. The van der Waals surface area contributed by atoms with Crippen molar-refractivity contribution in [2.24, 2.45) is 7.05 Å². The lowest BCUT2D eigenvalue weighted by molar-refractivity contribution is -0.0300. The summed E-state index contributed by atoms with van der Waals surface area (Å²) in [5.41, 5.74) is 2.29. The highest BCUT2D eigenvalue weighted by Gasteiger charge is 2.26. The Morgan fingerprint density at radius 2 is 2.09 bits per heavy atom. The van der Waals surface area contributed by atoms with Gasteiger partial charge in [-0.3, -0.25) is 4.90 Å². The molecule has 0 radical (unpaired) electrons. The maximum atomic E-state index is 10.5. The van der Waals surface area contributed by atoms with Crippen LogP contribution in [0.25, 0.3) is 0 Å². The summed E-state index contributed by atoms with van der Waals surface area (Å²) in [5.74, 6) is 0. The van der Waals surface area contributed by atoms with Crippen molar-refractivity contribution < 1.29 is 9.84 Å². The van der Waals surface area contributed by atoms with Crippen LogP contribution in [0.15, 0.2) is 48.8 Å². The zero-order valence-electron chi connectivity index (χ0n) is 13.1. The molecule has 3 rings (SSSR count). The van der Waals surface area contributed by atoms with Crippen LogP contribution in [0.3, 0.4) is 0 Å². The molecule has 1 aliphatic heterocycles. The second-order valence-corrected chi connectivity index (χ2v) is 6.05. The van der Waals surface area contributed by atoms with Crippen LogP contribution in [-0.4, -0.2) is 40.4 Å². The predicted octanol–water partition coefficient (Wildman–Crippen LogP) is 2.35. The summed E-state index contributed by atoms with van der Waals surface area (Å²) in [6.07, 6.45) is 4.49. The van der Waals surface area contributed by atoms with E-state index in [4.69, 9.17) is 4.74 Å². The fourth-order valence-corrected chi connectivity index (χ4v) is 3.07. The number of benzene rings is 1. The molecule has 0 spiro atoms. The molecule has 1 fully saturated rings. The van der Waals surface area contributed by atoms with Gasteiger partial charge in [-0.25, -0.2) is 0 Å². The van der Waals surface area contributed by atoms with Crippen LogP contribution in [0.1, 0.15) is 23.7 Å². The van der Waals surface area contributed by atoms with Crippen LogP contribution in [0.4, 0.5) is 0 Å². The normalized spacial score (nSPS) is 20.9. The molecule has 1 saturated heterocycles. The van der Waals surface area contributed by atoms with E-state index in [-0.39, 0.29) is 6.04 Å². The highest BCUT2D eigenvalue weighted by atomic mass is 16.5. The topological polar surface area (TPSA) is 37.6 Å². The molecule has 1 aromatic carbocycles. The first-order valence-electron chi connectivity index (χ1n) is 7.88. The smallest absolute Gasteiger partial charge is 0.0805 e. The zero-order chi connectivity index (χ0) is 15.4. The quantitative estimate of drug-likeness (QED) is 0.921. The van der Waals surface area contributed by atoms with Gasteiger partial charge in [0.2, 0.25) is 0 Å². The molecule has 1 aromatic heterocycles. The summed E-state index contributed by atoms with van der Waals surface area (Å²) >= 11 is 0. The van der Waals surface area contributed by atoms with Gasteiger partial charge < -0.3 is 14.4 Å². The van der Waals surface area contributed by atoms with Gasteiger partial charge >= 0.3 is 0 Å². The van der Waals surface area contributed by atoms with E-state index in [9.17, 15) is 5.11 Å². The third-order valence-corrected chi connectivity index (χ3v) is 4.31. The standard InChI is InChI=1S/C18H24N2O2/c1-19-8-7-15(12-19)13-20-9-10-22-14-17(20)11-18(21)16-5-3-2-4-6-16/h2-8,12,17-18,21H,9-11,13-14H2,1H3. The van der Waals surface area contributed by atoms with E-state index in [0.29, 0.717) is 13.0 Å². The molecule has 22 heavy (non-hydrogen) atoms. The highest BCUT2D eigenvalue weighted by Crippen LogP contribution is 2.23. The van der Waals surface area contributed by atoms with Gasteiger partial charge in [-0.2, -0.15) is 0 Å². The number of hydrogen-bond acceptors (Lipinski definition) is 3. The van der Waals surface area contributed by atoms with Crippen LogP contribution < -0.4 is 0 Å². The molecule has 2 aromatic rings. The third kappa shape index (κ3) is 3.77. The number of aliphatic hydroxyl groups is 1. The van der Waals surface area contributed by atoms with Crippen LogP contribution >= 0.6 is 0 Å². The van der Waals surface area contributed by atoms with E-state index in [1.165, 1.54) is 5.56 Å². The van der Waals surface area contributed by atoms with Crippen molar-refractivity contribution in [3.8, 4) is 0 Å². The Hall–Kier alpha value is -1.62. The van der Waals surface area contributed by atoms with E-state index in [1.54, 1.807) is 0 Å². The number of aryl methyl sites for hydroxylation is 1. The summed E-state index contributed by atoms with van der Waals surface area (Å²) in [5, 5.41) is 10.5. The van der Waals surface area contributed by atoms with Gasteiger partial charge in [0.1, 0.15) is 0 Å². The third-order valence-electron chi connectivity index (χ3n) is 4.31. The van der Waals surface area contributed by atoms with Crippen molar-refractivity contribution in [1.29, 1.82) is 0 Å². The van der Waals surface area contributed by atoms with E-state index in [2.05, 4.69) is 27.9 Å².